The maximum Gasteiger partial charge on any atom is 0.330 e. The zero-order chi connectivity index (χ0) is 21.3. The van der Waals surface area contributed by atoms with Crippen LogP contribution in [-0.4, -0.2) is 35.6 Å². The van der Waals surface area contributed by atoms with Crippen LogP contribution in [0.4, 0.5) is 0 Å². The van der Waals surface area contributed by atoms with E-state index in [1.807, 2.05) is 60.7 Å². The van der Waals surface area contributed by atoms with E-state index in [0.29, 0.717) is 0 Å². The Balaban J connectivity index is 2.28. The normalized spacial score (nSPS) is 12.3. The van der Waals surface area contributed by atoms with Crippen molar-refractivity contribution in [3.63, 3.8) is 0 Å². The molecule has 0 aromatic heterocycles. The third kappa shape index (κ3) is 5.54. The molecule has 1 atom stereocenters. The molecule has 0 unspecified atom stereocenters. The molecule has 2 N–H and O–H groups in total. The molecular formula is C23H25NO5. The molecule has 0 bridgehead atoms. The average molecular weight is 395 g/mol. The molecule has 0 aliphatic rings. The number of benzene rings is 2. The Morgan fingerprint density at radius 2 is 1.55 bits per heavy atom. The molecule has 2 aromatic rings. The average Bonchev–Trinajstić information content (AvgIpc) is 2.73. The van der Waals surface area contributed by atoms with Gasteiger partial charge in [0.05, 0.1) is 12.0 Å². The predicted molar refractivity (Wildman–Crippen MR) is 109 cm³/mol. The number of carbonyl (C=O) groups excluding carboxylic acids is 2. The molecule has 0 radical (unpaired) electrons. The van der Waals surface area contributed by atoms with Crippen molar-refractivity contribution in [1.82, 2.24) is 5.32 Å². The minimum absolute atomic E-state index is 0.0421. The van der Waals surface area contributed by atoms with Crippen LogP contribution in [0.3, 0.4) is 0 Å². The highest BCUT2D eigenvalue weighted by molar-refractivity contribution is 5.94. The van der Waals surface area contributed by atoms with Crippen molar-refractivity contribution in [2.45, 2.75) is 31.7 Å². The lowest BCUT2D eigenvalue weighted by atomic mass is 9.75. The summed E-state index contributed by atoms with van der Waals surface area (Å²) in [6, 6.07) is 17.2. The monoisotopic (exact) mass is 395 g/mol. The number of nitrogens with one attached hydrogen (secondary N) is 1. The summed E-state index contributed by atoms with van der Waals surface area (Å²) in [5, 5.41) is 12.2. The van der Waals surface area contributed by atoms with Gasteiger partial charge in [-0.2, -0.15) is 0 Å². The molecular weight excluding hydrogens is 370 g/mol. The van der Waals surface area contributed by atoms with E-state index in [1.54, 1.807) is 13.8 Å². The highest BCUT2D eigenvalue weighted by atomic mass is 16.5. The first-order valence-electron chi connectivity index (χ1n) is 9.37. The second-order valence-electron chi connectivity index (χ2n) is 6.61. The first-order chi connectivity index (χ1) is 13.9. The number of carboxylic acid groups (broad SMARTS) is 1. The van der Waals surface area contributed by atoms with Gasteiger partial charge in [0.25, 0.3) is 0 Å². The summed E-state index contributed by atoms with van der Waals surface area (Å²) in [6.07, 6.45) is 2.51. The maximum atomic E-state index is 13.3. The van der Waals surface area contributed by atoms with Gasteiger partial charge in [-0.3, -0.25) is 4.79 Å². The number of carboxylic acids is 1. The number of aliphatic carboxylic acids is 1. The van der Waals surface area contributed by atoms with Crippen molar-refractivity contribution >= 4 is 17.8 Å². The zero-order valence-corrected chi connectivity index (χ0v) is 16.5. The van der Waals surface area contributed by atoms with Gasteiger partial charge in [0.15, 0.2) is 0 Å². The molecule has 0 fully saturated rings. The number of hydrogen-bond donors (Lipinski definition) is 2. The van der Waals surface area contributed by atoms with E-state index in [4.69, 9.17) is 4.74 Å². The van der Waals surface area contributed by atoms with Gasteiger partial charge in [-0.25, -0.2) is 9.59 Å². The number of rotatable bonds is 9. The summed E-state index contributed by atoms with van der Waals surface area (Å²) in [5.41, 5.74) is 0.408. The van der Waals surface area contributed by atoms with Crippen molar-refractivity contribution in [3.05, 3.63) is 83.9 Å². The van der Waals surface area contributed by atoms with Crippen LogP contribution in [0.2, 0.25) is 0 Å². The van der Waals surface area contributed by atoms with Gasteiger partial charge >= 0.3 is 11.9 Å². The molecule has 6 heteroatoms. The van der Waals surface area contributed by atoms with Crippen molar-refractivity contribution in [2.24, 2.45) is 0 Å². The van der Waals surface area contributed by atoms with Crippen LogP contribution in [0.1, 0.15) is 31.4 Å². The van der Waals surface area contributed by atoms with Crippen LogP contribution in [0.15, 0.2) is 72.8 Å². The molecule has 0 heterocycles. The van der Waals surface area contributed by atoms with Crippen LogP contribution in [0, 0.1) is 0 Å². The maximum absolute atomic E-state index is 13.3. The summed E-state index contributed by atoms with van der Waals surface area (Å²) in [5.74, 6) is -2.18. The molecule has 0 aliphatic heterocycles. The molecule has 1 amide bonds. The van der Waals surface area contributed by atoms with E-state index in [1.165, 1.54) is 12.2 Å². The van der Waals surface area contributed by atoms with Gasteiger partial charge in [0.1, 0.15) is 6.04 Å². The number of ether oxygens (including phenoxy) is 1. The lowest BCUT2D eigenvalue weighted by Gasteiger charge is -2.31. The van der Waals surface area contributed by atoms with Crippen molar-refractivity contribution in [3.8, 4) is 0 Å². The number of amides is 1. The van der Waals surface area contributed by atoms with Gasteiger partial charge in [-0.15, -0.1) is 0 Å². The van der Waals surface area contributed by atoms with E-state index in [0.717, 1.165) is 11.1 Å². The molecule has 2 rings (SSSR count). The number of carbonyl (C=O) groups is 3. The Morgan fingerprint density at radius 3 is 2.00 bits per heavy atom. The quantitative estimate of drug-likeness (QED) is 0.503. The molecule has 6 nitrogen and oxygen atoms in total. The lowest BCUT2D eigenvalue weighted by molar-refractivity contribution is -0.142. The SMILES string of the molecule is CCOC(=O)/C=C/C[C@@H](NC(=O)C(C)(c1ccccc1)c1ccccc1)C(=O)O. The zero-order valence-electron chi connectivity index (χ0n) is 16.5. The molecule has 152 valence electrons. The molecule has 0 spiro atoms. The van der Waals surface area contributed by atoms with Crippen molar-refractivity contribution in [1.29, 1.82) is 0 Å². The molecule has 29 heavy (non-hydrogen) atoms. The first kappa shape index (κ1) is 21.9. The van der Waals surface area contributed by atoms with E-state index >= 15 is 0 Å². The molecule has 2 aromatic carbocycles. The van der Waals surface area contributed by atoms with Gasteiger partial charge in [-0.1, -0.05) is 66.7 Å². The third-order valence-electron chi connectivity index (χ3n) is 4.67. The molecule has 0 saturated heterocycles. The highest BCUT2D eigenvalue weighted by Crippen LogP contribution is 2.32. The minimum Gasteiger partial charge on any atom is -0.480 e. The van der Waals surface area contributed by atoms with E-state index in [9.17, 15) is 19.5 Å². The summed E-state index contributed by atoms with van der Waals surface area (Å²) in [4.78, 5) is 36.4. The first-order valence-corrected chi connectivity index (χ1v) is 9.37. The number of hydrogen-bond acceptors (Lipinski definition) is 4. The van der Waals surface area contributed by atoms with E-state index in [2.05, 4.69) is 5.32 Å². The van der Waals surface area contributed by atoms with Crippen LogP contribution in [0.5, 0.6) is 0 Å². The fourth-order valence-electron chi connectivity index (χ4n) is 2.99. The van der Waals surface area contributed by atoms with Crippen LogP contribution >= 0.6 is 0 Å². The van der Waals surface area contributed by atoms with Crippen LogP contribution in [-0.2, 0) is 24.5 Å². The fraction of sp³-hybridized carbons (Fsp3) is 0.261. The standard InChI is InChI=1S/C23H25NO5/c1-3-29-20(25)16-10-15-19(21(26)27)24-22(28)23(2,17-11-6-4-7-12-17)18-13-8-5-9-14-18/h4-14,16,19H,3,15H2,1-2H3,(H,24,28)(H,26,27)/b16-10+/t19-/m1/s1. The third-order valence-corrected chi connectivity index (χ3v) is 4.67. The van der Waals surface area contributed by atoms with Gasteiger partial charge < -0.3 is 15.2 Å². The fourth-order valence-corrected chi connectivity index (χ4v) is 2.99. The number of esters is 1. The Morgan fingerprint density at radius 1 is 1.03 bits per heavy atom. The Kier molecular flexibility index (Phi) is 7.71. The molecule has 0 aliphatic carbocycles. The van der Waals surface area contributed by atoms with E-state index < -0.39 is 29.3 Å². The van der Waals surface area contributed by atoms with Gasteiger partial charge in [0.2, 0.25) is 5.91 Å². The smallest absolute Gasteiger partial charge is 0.330 e. The highest BCUT2D eigenvalue weighted by Gasteiger charge is 2.38. The van der Waals surface area contributed by atoms with Gasteiger partial charge in [-0.05, 0) is 31.4 Å². The molecule has 0 saturated carbocycles. The predicted octanol–water partition coefficient (Wildman–Crippen LogP) is 3.07. The minimum atomic E-state index is -1.18. The summed E-state index contributed by atoms with van der Waals surface area (Å²) in [7, 11) is 0. The summed E-state index contributed by atoms with van der Waals surface area (Å²) < 4.78 is 4.77. The van der Waals surface area contributed by atoms with Crippen LogP contribution in [0.25, 0.3) is 0 Å². The second-order valence-corrected chi connectivity index (χ2v) is 6.61. The Hall–Kier alpha value is -3.41. The van der Waals surface area contributed by atoms with E-state index in [-0.39, 0.29) is 13.0 Å². The Labute approximate surface area is 170 Å². The summed E-state index contributed by atoms with van der Waals surface area (Å²) in [6.45, 7) is 3.68. The van der Waals surface area contributed by atoms with Gasteiger partial charge in [0, 0.05) is 6.08 Å². The largest absolute Gasteiger partial charge is 0.480 e. The Bertz CT molecular complexity index is 822. The lowest BCUT2D eigenvalue weighted by Crippen LogP contribution is -2.49. The second kappa shape index (κ2) is 10.2. The summed E-state index contributed by atoms with van der Waals surface area (Å²) >= 11 is 0. The van der Waals surface area contributed by atoms with Crippen LogP contribution < -0.4 is 5.32 Å². The van der Waals surface area contributed by atoms with Crippen molar-refractivity contribution in [2.75, 3.05) is 6.61 Å². The topological polar surface area (TPSA) is 92.7 Å². The van der Waals surface area contributed by atoms with Crippen molar-refractivity contribution < 1.29 is 24.2 Å².